The molecule has 6 rings (SSSR count). The van der Waals surface area contributed by atoms with Crippen LogP contribution in [0.2, 0.25) is 0 Å². The lowest BCUT2D eigenvalue weighted by atomic mass is 9.69. The van der Waals surface area contributed by atoms with Crippen molar-refractivity contribution in [2.24, 2.45) is 5.41 Å². The minimum Gasteiger partial charge on any atom is -0.0654 e. The normalized spacial score (nSPS) is 13.0. The molecule has 0 saturated heterocycles. The summed E-state index contributed by atoms with van der Waals surface area (Å²) in [5, 5.41) is 5.99. The summed E-state index contributed by atoms with van der Waals surface area (Å²) in [7, 11) is -1.73. The molecule has 0 aliphatic rings. The van der Waals surface area contributed by atoms with Crippen LogP contribution >= 0.6 is 15.8 Å². The van der Waals surface area contributed by atoms with Crippen LogP contribution in [0.1, 0.15) is 106 Å². The van der Waals surface area contributed by atoms with Gasteiger partial charge in [-0.25, -0.2) is 0 Å². The highest BCUT2D eigenvalue weighted by molar-refractivity contribution is 7.74. The molecule has 0 nitrogen and oxygen atoms in total. The fourth-order valence-electron chi connectivity index (χ4n) is 9.75. The second-order valence-electron chi connectivity index (χ2n) is 16.5. The lowest BCUT2D eigenvalue weighted by Gasteiger charge is -2.53. The Morgan fingerprint density at radius 2 is 0.600 bits per heavy atom. The molecule has 2 atom stereocenters. The van der Waals surface area contributed by atoms with Gasteiger partial charge in [-0.1, -0.05) is 205 Å². The van der Waals surface area contributed by atoms with Gasteiger partial charge in [0.15, 0.2) is 0 Å². The van der Waals surface area contributed by atoms with Gasteiger partial charge in [0.05, 0.1) is 0 Å². The monoisotopic (exact) mass is 760 g/mol. The van der Waals surface area contributed by atoms with E-state index in [-0.39, 0.29) is 16.7 Å². The van der Waals surface area contributed by atoms with Crippen molar-refractivity contribution in [3.63, 3.8) is 0 Å². The number of hydrogen-bond acceptors (Lipinski definition) is 0. The van der Waals surface area contributed by atoms with E-state index < -0.39 is 15.8 Å². The highest BCUT2D eigenvalue weighted by Gasteiger charge is 2.52. The molecule has 2 unspecified atom stereocenters. The van der Waals surface area contributed by atoms with Crippen molar-refractivity contribution >= 4 is 37.1 Å². The first-order valence-electron chi connectivity index (χ1n) is 20.4. The van der Waals surface area contributed by atoms with Gasteiger partial charge in [-0.05, 0) is 122 Å². The molecule has 0 heterocycles. The number of hydrogen-bond donors (Lipinski definition) is 0. The standard InChI is InChI=1S/C53H62P2/c1-11-23-53(24-12-2,51(45-19-15-13-16-20-45)54(47-29-37(3)25-38(4)30-47)48-31-39(5)26-40(6)32-48)52(46-21-17-14-18-22-46)55(49-33-41(7)27-42(8)34-49)50-35-43(9)28-44(10)36-50/h13-22,25-36,51-52H,11-12,23-24H2,1-10H3. The van der Waals surface area contributed by atoms with Crippen molar-refractivity contribution in [2.45, 2.75) is 106 Å². The summed E-state index contributed by atoms with van der Waals surface area (Å²) in [4.78, 5) is 0. The predicted molar refractivity (Wildman–Crippen MR) is 247 cm³/mol. The van der Waals surface area contributed by atoms with E-state index >= 15 is 0 Å². The van der Waals surface area contributed by atoms with Gasteiger partial charge in [0, 0.05) is 11.3 Å². The fourth-order valence-corrected chi connectivity index (χ4v) is 17.2. The molecule has 0 aliphatic heterocycles. The zero-order chi connectivity index (χ0) is 39.3. The SMILES string of the molecule is CCCC(CCC)(C(c1ccccc1)P(c1cc(C)cc(C)c1)c1cc(C)cc(C)c1)C(c1ccccc1)P(c1cc(C)cc(C)c1)c1cc(C)cc(C)c1. The zero-order valence-corrected chi connectivity index (χ0v) is 36.9. The lowest BCUT2D eigenvalue weighted by molar-refractivity contribution is 0.214. The van der Waals surface area contributed by atoms with Gasteiger partial charge >= 0.3 is 0 Å². The average molecular weight is 761 g/mol. The first kappa shape index (κ1) is 40.8. The van der Waals surface area contributed by atoms with Crippen LogP contribution in [0.4, 0.5) is 0 Å². The van der Waals surface area contributed by atoms with Gasteiger partial charge in [0.1, 0.15) is 0 Å². The van der Waals surface area contributed by atoms with Crippen molar-refractivity contribution in [2.75, 3.05) is 0 Å². The molecule has 0 N–H and O–H groups in total. The van der Waals surface area contributed by atoms with Gasteiger partial charge in [-0.2, -0.15) is 0 Å². The Kier molecular flexibility index (Phi) is 13.3. The van der Waals surface area contributed by atoms with E-state index in [0.29, 0.717) is 0 Å². The summed E-state index contributed by atoms with van der Waals surface area (Å²) in [6.07, 6.45) is 4.53. The van der Waals surface area contributed by atoms with E-state index in [1.807, 2.05) is 0 Å². The molecule has 6 aromatic carbocycles. The topological polar surface area (TPSA) is 0 Å². The third kappa shape index (κ3) is 9.26. The fraction of sp³-hybridized carbons (Fsp3) is 0.321. The molecule has 0 radical (unpaired) electrons. The van der Waals surface area contributed by atoms with E-state index in [2.05, 4.69) is 203 Å². The van der Waals surface area contributed by atoms with Crippen LogP contribution in [0.25, 0.3) is 0 Å². The molecular formula is C53H62P2. The highest BCUT2D eigenvalue weighted by atomic mass is 31.1. The summed E-state index contributed by atoms with van der Waals surface area (Å²) in [6, 6.07) is 53.2. The van der Waals surface area contributed by atoms with E-state index in [1.54, 1.807) is 0 Å². The predicted octanol–water partition coefficient (Wildman–Crippen LogP) is 13.8. The largest absolute Gasteiger partial charge is 0.0654 e. The number of aryl methyl sites for hydroxylation is 8. The van der Waals surface area contributed by atoms with Crippen molar-refractivity contribution in [3.05, 3.63) is 189 Å². The van der Waals surface area contributed by atoms with Crippen LogP contribution in [0, 0.1) is 60.8 Å². The van der Waals surface area contributed by atoms with Gasteiger partial charge in [0.25, 0.3) is 0 Å². The van der Waals surface area contributed by atoms with Crippen LogP contribution < -0.4 is 21.2 Å². The van der Waals surface area contributed by atoms with Crippen LogP contribution in [-0.4, -0.2) is 0 Å². The second-order valence-corrected chi connectivity index (χ2v) is 21.1. The Balaban J connectivity index is 1.82. The molecule has 0 aromatic heterocycles. The maximum atomic E-state index is 2.53. The Morgan fingerprint density at radius 1 is 0.364 bits per heavy atom. The Hall–Kier alpha value is -3.82. The Bertz CT molecular complexity index is 1860. The summed E-state index contributed by atoms with van der Waals surface area (Å²) < 4.78 is 0. The molecule has 0 fully saturated rings. The second kappa shape index (κ2) is 18.0. The minimum atomic E-state index is -0.866. The van der Waals surface area contributed by atoms with Crippen LogP contribution in [0.3, 0.4) is 0 Å². The number of rotatable bonds is 14. The maximum absolute atomic E-state index is 2.53. The van der Waals surface area contributed by atoms with Crippen molar-refractivity contribution in [1.29, 1.82) is 0 Å². The van der Waals surface area contributed by atoms with Gasteiger partial charge in [-0.3, -0.25) is 0 Å². The molecule has 0 spiro atoms. The average Bonchev–Trinajstić information content (AvgIpc) is 3.11. The zero-order valence-electron chi connectivity index (χ0n) is 35.1. The molecule has 6 aromatic rings. The van der Waals surface area contributed by atoms with E-state index in [0.717, 1.165) is 25.7 Å². The van der Waals surface area contributed by atoms with E-state index in [1.165, 1.54) is 76.9 Å². The van der Waals surface area contributed by atoms with E-state index in [4.69, 9.17) is 0 Å². The van der Waals surface area contributed by atoms with Gasteiger partial charge in [0.2, 0.25) is 0 Å². The molecule has 55 heavy (non-hydrogen) atoms. The van der Waals surface area contributed by atoms with Crippen LogP contribution in [0.15, 0.2) is 133 Å². The number of benzene rings is 6. The summed E-state index contributed by atoms with van der Waals surface area (Å²) in [6.45, 7) is 23.2. The first-order valence-corrected chi connectivity index (χ1v) is 23.3. The van der Waals surface area contributed by atoms with Crippen LogP contribution in [-0.2, 0) is 0 Å². The molecule has 2 heteroatoms. The maximum Gasteiger partial charge on any atom is 0.0188 e. The molecular weight excluding hydrogens is 699 g/mol. The summed E-state index contributed by atoms with van der Waals surface area (Å²) >= 11 is 0. The van der Waals surface area contributed by atoms with Crippen molar-refractivity contribution in [1.82, 2.24) is 0 Å². The smallest absolute Gasteiger partial charge is 0.0188 e. The first-order chi connectivity index (χ1) is 26.4. The third-order valence-corrected chi connectivity index (χ3v) is 17.1. The Labute approximate surface area is 336 Å². The molecule has 0 aliphatic carbocycles. The highest BCUT2D eigenvalue weighted by Crippen LogP contribution is 2.72. The molecule has 0 saturated carbocycles. The Morgan fingerprint density at radius 3 is 0.818 bits per heavy atom. The van der Waals surface area contributed by atoms with Gasteiger partial charge in [-0.15, -0.1) is 0 Å². The molecule has 0 bridgehead atoms. The summed E-state index contributed by atoms with van der Waals surface area (Å²) in [5.41, 5.74) is 14.2. The molecule has 0 amide bonds. The van der Waals surface area contributed by atoms with Crippen LogP contribution in [0.5, 0.6) is 0 Å². The van der Waals surface area contributed by atoms with E-state index in [9.17, 15) is 0 Å². The third-order valence-electron chi connectivity index (χ3n) is 11.2. The molecule has 284 valence electrons. The minimum absolute atomic E-state index is 0.0891. The van der Waals surface area contributed by atoms with Crippen molar-refractivity contribution in [3.8, 4) is 0 Å². The lowest BCUT2D eigenvalue weighted by Crippen LogP contribution is -2.40. The quantitative estimate of drug-likeness (QED) is 0.0970. The van der Waals surface area contributed by atoms with Crippen molar-refractivity contribution < 1.29 is 0 Å². The van der Waals surface area contributed by atoms with Gasteiger partial charge < -0.3 is 0 Å². The summed E-state index contributed by atoms with van der Waals surface area (Å²) in [5.74, 6) is 0.